The molecule has 1 aliphatic rings. The minimum atomic E-state index is -3.08. The van der Waals surface area contributed by atoms with E-state index in [2.05, 4.69) is 20.0 Å². The number of phenols is 1. The Morgan fingerprint density at radius 2 is 2.00 bits per heavy atom. The Kier molecular flexibility index (Phi) is 5.03. The van der Waals surface area contributed by atoms with Crippen molar-refractivity contribution >= 4 is 34.8 Å². The van der Waals surface area contributed by atoms with E-state index >= 15 is 0 Å². The zero-order chi connectivity index (χ0) is 21.6. The van der Waals surface area contributed by atoms with E-state index < -0.39 is 23.3 Å². The Labute approximate surface area is 177 Å². The average molecular weight is 456 g/mol. The number of carbonyl (C=O) groups excluding carboxylic acids is 1. The first-order valence-corrected chi connectivity index (χ1v) is 9.48. The van der Waals surface area contributed by atoms with Crippen LogP contribution in [-0.4, -0.2) is 21.2 Å². The lowest BCUT2D eigenvalue weighted by atomic mass is 9.96. The Morgan fingerprint density at radius 1 is 1.30 bits per heavy atom. The lowest BCUT2D eigenvalue weighted by Gasteiger charge is -2.15. The maximum absolute atomic E-state index is 14.1. The van der Waals surface area contributed by atoms with Gasteiger partial charge in [-0.15, -0.1) is 0 Å². The van der Waals surface area contributed by atoms with Crippen LogP contribution in [-0.2, 0) is 18.8 Å². The molecule has 0 radical (unpaired) electrons. The van der Waals surface area contributed by atoms with Gasteiger partial charge in [-0.1, -0.05) is 29.3 Å². The lowest BCUT2D eigenvalue weighted by molar-refractivity contribution is -0.00375. The number of fused-ring (bicyclic) bond motifs is 1. The third kappa shape index (κ3) is 3.66. The fourth-order valence-electron chi connectivity index (χ4n) is 3.50. The zero-order valence-electron chi connectivity index (χ0n) is 15.1. The number of halogens is 4. The molecule has 3 N–H and O–H groups in total. The van der Waals surface area contributed by atoms with Crippen LogP contribution >= 0.6 is 23.2 Å². The maximum Gasteiger partial charge on any atom is 0.439 e. The molecule has 0 atom stereocenters. The molecular formula is C19H13Cl2F2N3O4. The summed E-state index contributed by atoms with van der Waals surface area (Å²) in [6, 6.07) is 5.68. The number of aromatic nitrogens is 2. The molecule has 1 aromatic heterocycles. The Bertz CT molecular complexity index is 1200. The standard InChI is InChI=1S/C19H13Cl2F2N3O4/c20-12-6-9(24-17(28)16-25-18(29)30-26-16)7-13(21)11(12)5-8-1-2-14(27)15-10(8)3-4-19(15,22)23/h1-2,6-7,27H,3-5H2,(H,24,28)(H,25,26,29). The molecule has 0 fully saturated rings. The molecule has 2 aromatic carbocycles. The number of aromatic amines is 1. The highest BCUT2D eigenvalue weighted by Crippen LogP contribution is 2.48. The van der Waals surface area contributed by atoms with Crippen molar-refractivity contribution in [1.29, 1.82) is 0 Å². The van der Waals surface area contributed by atoms with Crippen LogP contribution in [0.3, 0.4) is 0 Å². The molecule has 3 aromatic rings. The van der Waals surface area contributed by atoms with Crippen LogP contribution < -0.4 is 11.1 Å². The Balaban J connectivity index is 1.62. The average Bonchev–Trinajstić information content (AvgIpc) is 3.23. The number of H-pyrrole nitrogens is 1. The number of rotatable bonds is 4. The zero-order valence-corrected chi connectivity index (χ0v) is 16.6. The first-order valence-electron chi connectivity index (χ1n) is 8.73. The van der Waals surface area contributed by atoms with Gasteiger partial charge in [0.05, 0.1) is 5.56 Å². The van der Waals surface area contributed by atoms with Crippen molar-refractivity contribution in [2.45, 2.75) is 25.2 Å². The topological polar surface area (TPSA) is 108 Å². The number of phenolic OH excluding ortho intramolecular Hbond substituents is 1. The van der Waals surface area contributed by atoms with E-state index in [9.17, 15) is 23.5 Å². The molecule has 0 saturated heterocycles. The number of amides is 1. The molecule has 0 saturated carbocycles. The van der Waals surface area contributed by atoms with Crippen molar-refractivity contribution in [1.82, 2.24) is 10.1 Å². The van der Waals surface area contributed by atoms with Gasteiger partial charge in [-0.05, 0) is 46.5 Å². The van der Waals surface area contributed by atoms with Crippen molar-refractivity contribution < 1.29 is 23.2 Å². The lowest BCUT2D eigenvalue weighted by Crippen LogP contribution is -2.15. The molecule has 0 unspecified atom stereocenters. The molecule has 0 aliphatic heterocycles. The van der Waals surface area contributed by atoms with Crippen LogP contribution in [0.5, 0.6) is 5.75 Å². The van der Waals surface area contributed by atoms with E-state index in [0.29, 0.717) is 16.7 Å². The molecular weight excluding hydrogens is 443 g/mol. The van der Waals surface area contributed by atoms with Gasteiger partial charge < -0.3 is 10.4 Å². The van der Waals surface area contributed by atoms with Crippen molar-refractivity contribution in [3.8, 4) is 5.75 Å². The number of nitrogens with one attached hydrogen (secondary N) is 2. The van der Waals surface area contributed by atoms with Gasteiger partial charge in [-0.2, -0.15) is 0 Å². The van der Waals surface area contributed by atoms with Gasteiger partial charge in [0.15, 0.2) is 0 Å². The van der Waals surface area contributed by atoms with Crippen molar-refractivity contribution in [2.24, 2.45) is 0 Å². The maximum atomic E-state index is 14.1. The second kappa shape index (κ2) is 7.41. The molecule has 0 spiro atoms. The quantitative estimate of drug-likeness (QED) is 0.544. The number of nitrogens with zero attached hydrogens (tertiary/aromatic N) is 1. The van der Waals surface area contributed by atoms with Gasteiger partial charge in [0.25, 0.3) is 11.8 Å². The van der Waals surface area contributed by atoms with Crippen LogP contribution in [0.25, 0.3) is 0 Å². The number of carbonyl (C=O) groups is 1. The highest BCUT2D eigenvalue weighted by Gasteiger charge is 2.42. The number of hydrogen-bond acceptors (Lipinski definition) is 5. The molecule has 1 amide bonds. The summed E-state index contributed by atoms with van der Waals surface area (Å²) in [4.78, 5) is 25.1. The van der Waals surface area contributed by atoms with E-state index in [0.717, 1.165) is 0 Å². The summed E-state index contributed by atoms with van der Waals surface area (Å²) in [6.07, 6.45) is -0.0734. The van der Waals surface area contributed by atoms with Crippen LogP contribution in [0.4, 0.5) is 14.5 Å². The van der Waals surface area contributed by atoms with Crippen molar-refractivity contribution in [3.05, 3.63) is 72.9 Å². The van der Waals surface area contributed by atoms with E-state index in [1.54, 1.807) is 6.07 Å². The van der Waals surface area contributed by atoms with Gasteiger partial charge in [0.2, 0.25) is 5.82 Å². The van der Waals surface area contributed by atoms with Gasteiger partial charge in [0.1, 0.15) is 5.75 Å². The van der Waals surface area contributed by atoms with E-state index in [1.165, 1.54) is 18.2 Å². The molecule has 156 valence electrons. The number of alkyl halides is 2. The molecule has 0 bridgehead atoms. The second-order valence-corrected chi connectivity index (χ2v) is 7.61. The second-order valence-electron chi connectivity index (χ2n) is 6.79. The molecule has 1 aliphatic carbocycles. The Morgan fingerprint density at radius 3 is 2.63 bits per heavy atom. The highest BCUT2D eigenvalue weighted by atomic mass is 35.5. The molecule has 1 heterocycles. The summed E-state index contributed by atoms with van der Waals surface area (Å²) in [5, 5.41) is 16.0. The van der Waals surface area contributed by atoms with Crippen LogP contribution in [0, 0.1) is 0 Å². The fraction of sp³-hybridized carbons (Fsp3) is 0.211. The van der Waals surface area contributed by atoms with Crippen LogP contribution in [0.1, 0.15) is 39.3 Å². The van der Waals surface area contributed by atoms with E-state index in [-0.39, 0.29) is 46.4 Å². The van der Waals surface area contributed by atoms with E-state index in [4.69, 9.17) is 23.2 Å². The minimum absolute atomic E-state index is 0.130. The minimum Gasteiger partial charge on any atom is -0.507 e. The monoisotopic (exact) mass is 455 g/mol. The number of hydrogen-bond donors (Lipinski definition) is 3. The number of benzene rings is 2. The van der Waals surface area contributed by atoms with Gasteiger partial charge in [-0.3, -0.25) is 14.3 Å². The first kappa shape index (κ1) is 20.4. The number of anilines is 1. The van der Waals surface area contributed by atoms with Gasteiger partial charge in [-0.25, -0.2) is 13.6 Å². The summed E-state index contributed by atoms with van der Waals surface area (Å²) in [5.41, 5.74) is 1.34. The smallest absolute Gasteiger partial charge is 0.439 e. The summed E-state index contributed by atoms with van der Waals surface area (Å²) in [7, 11) is 0. The molecule has 7 nitrogen and oxygen atoms in total. The Hall–Kier alpha value is -2.91. The summed E-state index contributed by atoms with van der Waals surface area (Å²) >= 11 is 12.7. The molecule has 30 heavy (non-hydrogen) atoms. The van der Waals surface area contributed by atoms with E-state index in [1.807, 2.05) is 0 Å². The predicted molar refractivity (Wildman–Crippen MR) is 105 cm³/mol. The number of aromatic hydroxyl groups is 1. The summed E-state index contributed by atoms with van der Waals surface area (Å²) < 4.78 is 32.5. The van der Waals surface area contributed by atoms with Gasteiger partial charge >= 0.3 is 5.76 Å². The van der Waals surface area contributed by atoms with Crippen LogP contribution in [0.15, 0.2) is 33.6 Å². The fourth-order valence-corrected chi connectivity index (χ4v) is 4.12. The summed E-state index contributed by atoms with van der Waals surface area (Å²) in [6.45, 7) is 0. The normalized spacial score (nSPS) is 14.5. The third-order valence-corrected chi connectivity index (χ3v) is 5.54. The van der Waals surface area contributed by atoms with Gasteiger partial charge in [0, 0.05) is 28.6 Å². The van der Waals surface area contributed by atoms with Crippen LogP contribution in [0.2, 0.25) is 10.0 Å². The molecule has 4 rings (SSSR count). The predicted octanol–water partition coefficient (Wildman–Crippen LogP) is 4.26. The highest BCUT2D eigenvalue weighted by molar-refractivity contribution is 6.36. The third-order valence-electron chi connectivity index (χ3n) is 4.86. The summed E-state index contributed by atoms with van der Waals surface area (Å²) in [5.74, 6) is -5.45. The van der Waals surface area contributed by atoms with Crippen molar-refractivity contribution in [2.75, 3.05) is 5.32 Å². The van der Waals surface area contributed by atoms with Crippen molar-refractivity contribution in [3.63, 3.8) is 0 Å². The molecule has 11 heteroatoms. The SMILES string of the molecule is O=C(Nc1cc(Cl)c(Cc2ccc(O)c3c2CCC3(F)F)c(Cl)c1)c1noc(=O)[nH]1. The largest absolute Gasteiger partial charge is 0.507 e. The first-order chi connectivity index (χ1) is 14.2.